The Balaban J connectivity index is 1.40. The van der Waals surface area contributed by atoms with Gasteiger partial charge in [-0.25, -0.2) is 4.79 Å². The van der Waals surface area contributed by atoms with Gasteiger partial charge in [0.2, 0.25) is 0 Å². The fourth-order valence-corrected chi connectivity index (χ4v) is 4.88. The highest BCUT2D eigenvalue weighted by molar-refractivity contribution is 7.90. The van der Waals surface area contributed by atoms with Gasteiger partial charge < -0.3 is 25.2 Å². The maximum Gasteiger partial charge on any atom is 0.322 e. The molecule has 0 aromatic heterocycles. The first kappa shape index (κ1) is 22.2. The van der Waals surface area contributed by atoms with Gasteiger partial charge in [0.25, 0.3) is 0 Å². The largest absolute Gasteiger partial charge is 0.611 e. The van der Waals surface area contributed by atoms with Gasteiger partial charge in [-0.2, -0.15) is 0 Å². The highest BCUT2D eigenvalue weighted by Gasteiger charge is 2.20. The lowest BCUT2D eigenvalue weighted by Gasteiger charge is -2.25. The molecule has 3 N–H and O–H groups in total. The van der Waals surface area contributed by atoms with E-state index < -0.39 is 11.2 Å². The summed E-state index contributed by atoms with van der Waals surface area (Å²) in [5, 5.41) is 16.5. The van der Waals surface area contributed by atoms with Crippen LogP contribution >= 0.6 is 0 Å². The number of nitrogens with one attached hydrogen (secondary N) is 2. The summed E-state index contributed by atoms with van der Waals surface area (Å²) in [6.45, 7) is 3.65. The standard InChI is InChI=1S/C25H27N3O3S/c1-17(19-6-4-3-5-7-19)28(2)25(30)27-23-11-10-22(13-24(23)29)32(31)16-18-8-9-20-14-26-15-21(20)12-18/h3-13,17,26,29H,14-16H2,1-2H3,(H,27,30). The zero-order chi connectivity index (χ0) is 22.7. The number of hydrogen-bond acceptors (Lipinski definition) is 4. The molecule has 6 nitrogen and oxygen atoms in total. The van der Waals surface area contributed by atoms with Gasteiger partial charge in [0.05, 0.1) is 11.7 Å². The third kappa shape index (κ3) is 4.91. The van der Waals surface area contributed by atoms with Crippen LogP contribution in [0.25, 0.3) is 0 Å². The van der Waals surface area contributed by atoms with Gasteiger partial charge >= 0.3 is 6.03 Å². The molecule has 32 heavy (non-hydrogen) atoms. The van der Waals surface area contributed by atoms with Gasteiger partial charge in [-0.15, -0.1) is 0 Å². The van der Waals surface area contributed by atoms with E-state index in [9.17, 15) is 14.5 Å². The zero-order valence-corrected chi connectivity index (χ0v) is 19.0. The molecule has 0 fully saturated rings. The molecule has 0 spiro atoms. The van der Waals surface area contributed by atoms with Crippen molar-refractivity contribution in [3.63, 3.8) is 0 Å². The smallest absolute Gasteiger partial charge is 0.322 e. The number of rotatable bonds is 6. The van der Waals surface area contributed by atoms with E-state index in [2.05, 4.69) is 22.8 Å². The summed E-state index contributed by atoms with van der Waals surface area (Å²) in [5.74, 6) is 0.263. The third-order valence-corrected chi connectivity index (χ3v) is 7.23. The third-order valence-electron chi connectivity index (χ3n) is 5.86. The van der Waals surface area contributed by atoms with Crippen LogP contribution in [0, 0.1) is 0 Å². The van der Waals surface area contributed by atoms with Crippen molar-refractivity contribution in [2.45, 2.75) is 36.7 Å². The molecule has 0 radical (unpaired) electrons. The van der Waals surface area contributed by atoms with Crippen LogP contribution in [0.4, 0.5) is 10.5 Å². The van der Waals surface area contributed by atoms with Crippen LogP contribution in [-0.2, 0) is 30.0 Å². The van der Waals surface area contributed by atoms with Crippen molar-refractivity contribution in [2.75, 3.05) is 12.4 Å². The van der Waals surface area contributed by atoms with E-state index in [0.717, 1.165) is 24.2 Å². The molecule has 2 atom stereocenters. The Morgan fingerprint density at radius 1 is 1.12 bits per heavy atom. The summed E-state index contributed by atoms with van der Waals surface area (Å²) in [5.41, 5.74) is 4.83. The first-order chi connectivity index (χ1) is 15.4. The van der Waals surface area contributed by atoms with Crippen molar-refractivity contribution in [1.82, 2.24) is 10.2 Å². The molecule has 1 aliphatic rings. The van der Waals surface area contributed by atoms with Crippen LogP contribution in [0.2, 0.25) is 0 Å². The fourth-order valence-electron chi connectivity index (χ4n) is 3.77. The molecule has 0 bridgehead atoms. The lowest BCUT2D eigenvalue weighted by Crippen LogP contribution is -2.33. The number of phenols is 1. The number of hydrogen-bond donors (Lipinski definition) is 3. The molecule has 2 unspecified atom stereocenters. The van der Waals surface area contributed by atoms with Crippen molar-refractivity contribution < 1.29 is 14.5 Å². The van der Waals surface area contributed by atoms with E-state index in [-0.39, 0.29) is 23.5 Å². The van der Waals surface area contributed by atoms with Crippen LogP contribution in [-0.4, -0.2) is 27.6 Å². The predicted molar refractivity (Wildman–Crippen MR) is 127 cm³/mol. The molecule has 166 valence electrons. The summed E-state index contributed by atoms with van der Waals surface area (Å²) in [6, 6.07) is 20.2. The van der Waals surface area contributed by atoms with Crippen LogP contribution in [0.1, 0.15) is 35.2 Å². The Morgan fingerprint density at radius 2 is 1.88 bits per heavy atom. The maximum absolute atomic E-state index is 12.8. The quantitative estimate of drug-likeness (QED) is 0.381. The Morgan fingerprint density at radius 3 is 2.62 bits per heavy atom. The van der Waals surface area contributed by atoms with Gasteiger partial charge in [-0.05, 0) is 53.0 Å². The van der Waals surface area contributed by atoms with E-state index in [4.69, 9.17) is 0 Å². The van der Waals surface area contributed by atoms with E-state index >= 15 is 0 Å². The number of amides is 2. The Kier molecular flexibility index (Phi) is 6.69. The molecule has 3 aromatic carbocycles. The van der Waals surface area contributed by atoms with Gasteiger partial charge in [0.1, 0.15) is 11.5 Å². The number of phenolic OH excluding ortho intramolecular Hbond substituents is 1. The summed E-state index contributed by atoms with van der Waals surface area (Å²) < 4.78 is 12.8. The van der Waals surface area contributed by atoms with E-state index in [1.807, 2.05) is 43.3 Å². The van der Waals surface area contributed by atoms with Gasteiger partial charge in [0.15, 0.2) is 4.90 Å². The zero-order valence-electron chi connectivity index (χ0n) is 18.2. The molecule has 4 rings (SSSR count). The lowest BCUT2D eigenvalue weighted by molar-refractivity contribution is 0.208. The summed E-state index contributed by atoms with van der Waals surface area (Å²) in [7, 11) is 1.71. The number of urea groups is 1. The van der Waals surface area contributed by atoms with E-state index in [0.29, 0.717) is 10.6 Å². The number of carbonyl (C=O) groups excluding carboxylic acids is 1. The summed E-state index contributed by atoms with van der Waals surface area (Å²) in [4.78, 5) is 14.8. The minimum atomic E-state index is -1.31. The van der Waals surface area contributed by atoms with Crippen molar-refractivity contribution in [1.29, 1.82) is 0 Å². The number of carbonyl (C=O) groups is 1. The fraction of sp³-hybridized carbons (Fsp3) is 0.240. The molecular weight excluding hydrogens is 422 g/mol. The minimum Gasteiger partial charge on any atom is -0.611 e. The van der Waals surface area contributed by atoms with Crippen molar-refractivity contribution >= 4 is 22.9 Å². The number of benzene rings is 3. The Hall–Kier alpha value is -3.00. The summed E-state index contributed by atoms with van der Waals surface area (Å²) >= 11 is -1.31. The lowest BCUT2D eigenvalue weighted by atomic mass is 10.1. The predicted octanol–water partition coefficient (Wildman–Crippen LogP) is 4.53. The molecule has 7 heteroatoms. The Bertz CT molecular complexity index is 1110. The first-order valence-corrected chi connectivity index (χ1v) is 11.9. The number of aromatic hydroxyl groups is 1. The number of anilines is 1. The molecular formula is C25H27N3O3S. The highest BCUT2D eigenvalue weighted by atomic mass is 32.2. The molecule has 2 amide bonds. The van der Waals surface area contributed by atoms with Crippen LogP contribution < -0.4 is 10.6 Å². The van der Waals surface area contributed by atoms with Crippen molar-refractivity contribution in [2.24, 2.45) is 0 Å². The van der Waals surface area contributed by atoms with Gasteiger partial charge in [0, 0.05) is 31.8 Å². The second-order valence-electron chi connectivity index (χ2n) is 8.00. The second-order valence-corrected chi connectivity index (χ2v) is 9.45. The number of fused-ring (bicyclic) bond motifs is 1. The van der Waals surface area contributed by atoms with Crippen LogP contribution in [0.5, 0.6) is 5.75 Å². The average molecular weight is 450 g/mol. The Labute approximate surface area is 191 Å². The maximum atomic E-state index is 12.8. The SMILES string of the molecule is CC(c1ccccc1)N(C)C(=O)Nc1ccc([S+]([O-])Cc2ccc3c(c2)CNC3)cc1O. The molecule has 0 aliphatic carbocycles. The highest BCUT2D eigenvalue weighted by Crippen LogP contribution is 2.29. The molecule has 3 aromatic rings. The van der Waals surface area contributed by atoms with Gasteiger partial charge in [-0.1, -0.05) is 42.5 Å². The van der Waals surface area contributed by atoms with Crippen molar-refractivity contribution in [3.05, 3.63) is 89.0 Å². The monoisotopic (exact) mass is 449 g/mol. The summed E-state index contributed by atoms with van der Waals surface area (Å²) in [6.07, 6.45) is 0. The molecule has 1 aliphatic heterocycles. The van der Waals surface area contributed by atoms with Crippen LogP contribution in [0.15, 0.2) is 71.6 Å². The van der Waals surface area contributed by atoms with E-state index in [1.54, 1.807) is 24.1 Å². The molecule has 1 heterocycles. The number of nitrogens with zero attached hydrogens (tertiary/aromatic N) is 1. The molecule has 0 saturated heterocycles. The van der Waals surface area contributed by atoms with E-state index in [1.165, 1.54) is 17.2 Å². The normalized spacial score (nSPS) is 14.5. The second kappa shape index (κ2) is 9.65. The molecule has 0 saturated carbocycles. The van der Waals surface area contributed by atoms with Gasteiger partial charge in [-0.3, -0.25) is 0 Å². The average Bonchev–Trinajstić information content (AvgIpc) is 3.27. The first-order valence-electron chi connectivity index (χ1n) is 10.5. The topological polar surface area (TPSA) is 87.7 Å². The van der Waals surface area contributed by atoms with Crippen LogP contribution in [0.3, 0.4) is 0 Å². The van der Waals surface area contributed by atoms with Crippen molar-refractivity contribution in [3.8, 4) is 5.75 Å². The minimum absolute atomic E-state index is 0.108.